The average molecular weight is 363 g/mol. The molecular weight excluding hydrogens is 346 g/mol. The second kappa shape index (κ2) is 8.01. The van der Waals surface area contributed by atoms with Crippen molar-refractivity contribution in [2.75, 3.05) is 5.32 Å². The molecule has 0 aliphatic carbocycles. The Bertz CT molecular complexity index is 954. The van der Waals surface area contributed by atoms with Gasteiger partial charge in [0.15, 0.2) is 0 Å². The van der Waals surface area contributed by atoms with E-state index in [0.717, 1.165) is 11.6 Å². The number of phenolic OH excluding ortho intramolecular Hbond substituents is 2. The van der Waals surface area contributed by atoms with Crippen LogP contribution in [0.1, 0.15) is 26.3 Å². The maximum atomic E-state index is 12.2. The van der Waals surface area contributed by atoms with E-state index >= 15 is 0 Å². The van der Waals surface area contributed by atoms with E-state index in [1.54, 1.807) is 42.6 Å². The van der Waals surface area contributed by atoms with E-state index in [2.05, 4.69) is 15.6 Å². The van der Waals surface area contributed by atoms with Gasteiger partial charge in [-0.3, -0.25) is 14.6 Å². The first-order chi connectivity index (χ1) is 13.0. The lowest BCUT2D eigenvalue weighted by atomic mass is 10.1. The molecule has 0 radical (unpaired) electrons. The van der Waals surface area contributed by atoms with Crippen molar-refractivity contribution in [2.45, 2.75) is 6.54 Å². The zero-order valence-electron chi connectivity index (χ0n) is 14.2. The number of aromatic hydroxyl groups is 2. The highest BCUT2D eigenvalue weighted by Gasteiger charge is 2.09. The van der Waals surface area contributed by atoms with Gasteiger partial charge in [0.25, 0.3) is 11.8 Å². The number of benzene rings is 2. The van der Waals surface area contributed by atoms with Crippen LogP contribution in [0.2, 0.25) is 0 Å². The minimum absolute atomic E-state index is 0.147. The Labute approximate surface area is 155 Å². The van der Waals surface area contributed by atoms with Crippen LogP contribution in [0.3, 0.4) is 0 Å². The number of hydrogen-bond donors (Lipinski definition) is 4. The highest BCUT2D eigenvalue weighted by atomic mass is 16.3. The third-order valence-electron chi connectivity index (χ3n) is 3.73. The van der Waals surface area contributed by atoms with Crippen molar-refractivity contribution < 1.29 is 19.8 Å². The lowest BCUT2D eigenvalue weighted by molar-refractivity contribution is 0.0949. The number of nitrogens with one attached hydrogen (secondary N) is 2. The Balaban J connectivity index is 1.64. The molecule has 27 heavy (non-hydrogen) atoms. The minimum atomic E-state index is -0.439. The molecule has 7 heteroatoms. The number of rotatable bonds is 5. The molecule has 7 nitrogen and oxygen atoms in total. The van der Waals surface area contributed by atoms with Gasteiger partial charge in [-0.15, -0.1) is 0 Å². The van der Waals surface area contributed by atoms with Gasteiger partial charge in [-0.1, -0.05) is 12.1 Å². The van der Waals surface area contributed by atoms with Crippen LogP contribution in [0, 0.1) is 0 Å². The van der Waals surface area contributed by atoms with Gasteiger partial charge < -0.3 is 20.8 Å². The van der Waals surface area contributed by atoms with Crippen molar-refractivity contribution in [3.05, 3.63) is 83.7 Å². The fourth-order valence-electron chi connectivity index (χ4n) is 2.47. The van der Waals surface area contributed by atoms with Crippen LogP contribution in [0.25, 0.3) is 0 Å². The molecular formula is C20H17N3O4. The molecule has 2 amide bonds. The van der Waals surface area contributed by atoms with Gasteiger partial charge in [0, 0.05) is 36.3 Å². The van der Waals surface area contributed by atoms with Crippen LogP contribution in [0.15, 0.2) is 67.0 Å². The summed E-state index contributed by atoms with van der Waals surface area (Å²) in [5.41, 5.74) is 1.95. The summed E-state index contributed by atoms with van der Waals surface area (Å²) in [6, 6.07) is 14.1. The molecule has 3 aromatic rings. The molecule has 0 fully saturated rings. The van der Waals surface area contributed by atoms with Crippen LogP contribution in [-0.4, -0.2) is 27.0 Å². The molecule has 0 spiro atoms. The number of nitrogens with zero attached hydrogens (tertiary/aromatic N) is 1. The van der Waals surface area contributed by atoms with Gasteiger partial charge in [-0.05, 0) is 42.0 Å². The minimum Gasteiger partial charge on any atom is -0.508 e. The number of phenols is 2. The summed E-state index contributed by atoms with van der Waals surface area (Å²) in [6.45, 7) is 0.214. The molecule has 0 aliphatic rings. The first-order valence-electron chi connectivity index (χ1n) is 8.13. The third kappa shape index (κ3) is 4.82. The second-order valence-electron chi connectivity index (χ2n) is 5.82. The summed E-state index contributed by atoms with van der Waals surface area (Å²) < 4.78 is 0. The van der Waals surface area contributed by atoms with E-state index in [-0.39, 0.29) is 29.5 Å². The van der Waals surface area contributed by atoms with Crippen molar-refractivity contribution in [3.63, 3.8) is 0 Å². The van der Waals surface area contributed by atoms with Gasteiger partial charge >= 0.3 is 0 Å². The van der Waals surface area contributed by atoms with E-state index in [1.807, 2.05) is 0 Å². The quantitative estimate of drug-likeness (QED) is 0.557. The smallest absolute Gasteiger partial charge is 0.257 e. The van der Waals surface area contributed by atoms with E-state index in [0.29, 0.717) is 11.3 Å². The number of carbonyl (C=O) groups excluding carboxylic acids is 2. The summed E-state index contributed by atoms with van der Waals surface area (Å²) >= 11 is 0. The number of hydrogen-bond acceptors (Lipinski definition) is 5. The monoisotopic (exact) mass is 363 g/mol. The molecule has 0 atom stereocenters. The Kier molecular flexibility index (Phi) is 5.32. The third-order valence-corrected chi connectivity index (χ3v) is 3.73. The number of carbonyl (C=O) groups is 2. The summed E-state index contributed by atoms with van der Waals surface area (Å²) in [6.07, 6.45) is 3.07. The summed E-state index contributed by atoms with van der Waals surface area (Å²) in [5.74, 6) is -1.11. The van der Waals surface area contributed by atoms with Crippen LogP contribution >= 0.6 is 0 Å². The highest BCUT2D eigenvalue weighted by molar-refractivity contribution is 6.04. The second-order valence-corrected chi connectivity index (χ2v) is 5.82. The number of anilines is 1. The van der Waals surface area contributed by atoms with Crippen molar-refractivity contribution in [2.24, 2.45) is 0 Å². The van der Waals surface area contributed by atoms with Gasteiger partial charge in [0.05, 0.1) is 5.56 Å². The van der Waals surface area contributed by atoms with Gasteiger partial charge in [-0.25, -0.2) is 0 Å². The molecule has 1 aromatic heterocycles. The zero-order valence-corrected chi connectivity index (χ0v) is 14.2. The molecule has 2 aromatic carbocycles. The number of pyridine rings is 1. The molecule has 3 rings (SSSR count). The summed E-state index contributed by atoms with van der Waals surface area (Å²) in [7, 11) is 0. The van der Waals surface area contributed by atoms with Crippen LogP contribution < -0.4 is 10.6 Å². The van der Waals surface area contributed by atoms with E-state index in [4.69, 9.17) is 0 Å². The fourth-order valence-corrected chi connectivity index (χ4v) is 2.47. The predicted octanol–water partition coefficient (Wildman–Crippen LogP) is 2.68. The largest absolute Gasteiger partial charge is 0.508 e. The van der Waals surface area contributed by atoms with Crippen LogP contribution in [0.4, 0.5) is 5.69 Å². The van der Waals surface area contributed by atoms with Crippen LogP contribution in [0.5, 0.6) is 11.5 Å². The number of aromatic nitrogens is 1. The molecule has 0 aliphatic heterocycles. The van der Waals surface area contributed by atoms with Crippen molar-refractivity contribution >= 4 is 17.5 Å². The molecule has 0 saturated heterocycles. The van der Waals surface area contributed by atoms with Gasteiger partial charge in [0.2, 0.25) is 0 Å². The average Bonchev–Trinajstić information content (AvgIpc) is 2.66. The molecule has 0 bridgehead atoms. The number of amides is 2. The molecule has 4 N–H and O–H groups in total. The Morgan fingerprint density at radius 3 is 2.37 bits per heavy atom. The van der Waals surface area contributed by atoms with Gasteiger partial charge in [0.1, 0.15) is 11.5 Å². The highest BCUT2D eigenvalue weighted by Crippen LogP contribution is 2.20. The molecule has 1 heterocycles. The SMILES string of the molecule is O=C(NCc1cccc(NC(=O)c2cccnc2)c1)c1cc(O)cc(O)c1. The van der Waals surface area contributed by atoms with E-state index < -0.39 is 5.91 Å². The predicted molar refractivity (Wildman–Crippen MR) is 99.6 cm³/mol. The molecule has 0 unspecified atom stereocenters. The standard InChI is InChI=1S/C20H17N3O4/c24-17-8-15(9-18(25)10-17)19(26)22-11-13-3-1-5-16(7-13)23-20(27)14-4-2-6-21-12-14/h1-10,12,24-25H,11H2,(H,22,26)(H,23,27). The summed E-state index contributed by atoms with van der Waals surface area (Å²) in [5, 5.41) is 24.4. The first kappa shape index (κ1) is 17.9. The lowest BCUT2D eigenvalue weighted by Crippen LogP contribution is -2.22. The first-order valence-corrected chi connectivity index (χ1v) is 8.13. The van der Waals surface area contributed by atoms with E-state index in [1.165, 1.54) is 18.3 Å². The van der Waals surface area contributed by atoms with Crippen molar-refractivity contribution in [1.29, 1.82) is 0 Å². The molecule has 0 saturated carbocycles. The van der Waals surface area contributed by atoms with E-state index in [9.17, 15) is 19.8 Å². The van der Waals surface area contributed by atoms with Crippen LogP contribution in [-0.2, 0) is 6.54 Å². The zero-order chi connectivity index (χ0) is 19.2. The topological polar surface area (TPSA) is 112 Å². The lowest BCUT2D eigenvalue weighted by Gasteiger charge is -2.09. The fraction of sp³-hybridized carbons (Fsp3) is 0.0500. The Hall–Kier alpha value is -3.87. The Morgan fingerprint density at radius 1 is 0.889 bits per heavy atom. The van der Waals surface area contributed by atoms with Gasteiger partial charge in [-0.2, -0.15) is 0 Å². The maximum Gasteiger partial charge on any atom is 0.257 e. The van der Waals surface area contributed by atoms with Crippen molar-refractivity contribution in [3.8, 4) is 11.5 Å². The van der Waals surface area contributed by atoms with Crippen molar-refractivity contribution in [1.82, 2.24) is 10.3 Å². The summed E-state index contributed by atoms with van der Waals surface area (Å²) in [4.78, 5) is 28.2. The molecule has 136 valence electrons. The Morgan fingerprint density at radius 2 is 1.67 bits per heavy atom. The normalized spacial score (nSPS) is 10.2. The maximum absolute atomic E-state index is 12.2.